The second-order valence-corrected chi connectivity index (χ2v) is 7.04. The summed E-state index contributed by atoms with van der Waals surface area (Å²) in [4.78, 5) is 17.0. The van der Waals surface area contributed by atoms with Crippen LogP contribution in [0.4, 0.5) is 10.1 Å². The minimum absolute atomic E-state index is 0.0478. The Kier molecular flexibility index (Phi) is 3.92. The van der Waals surface area contributed by atoms with Crippen molar-refractivity contribution in [3.63, 3.8) is 0 Å². The zero-order chi connectivity index (χ0) is 18.4. The van der Waals surface area contributed by atoms with Crippen molar-refractivity contribution in [1.82, 2.24) is 4.90 Å². The quantitative estimate of drug-likeness (QED) is 0.707. The van der Waals surface area contributed by atoms with E-state index in [1.807, 2.05) is 41.3 Å². The predicted molar refractivity (Wildman–Crippen MR) is 102 cm³/mol. The van der Waals surface area contributed by atoms with Gasteiger partial charge in [-0.1, -0.05) is 36.4 Å². The fourth-order valence-corrected chi connectivity index (χ4v) is 4.03. The van der Waals surface area contributed by atoms with Gasteiger partial charge < -0.3 is 4.74 Å². The number of nitrogens with zero attached hydrogens (tertiary/aromatic N) is 2. The van der Waals surface area contributed by atoms with E-state index in [0.29, 0.717) is 19.8 Å². The topological polar surface area (TPSA) is 32.8 Å². The van der Waals surface area contributed by atoms with Crippen LogP contribution in [-0.2, 0) is 4.74 Å². The number of rotatable bonds is 3. The van der Waals surface area contributed by atoms with Gasteiger partial charge in [0, 0.05) is 24.0 Å². The van der Waals surface area contributed by atoms with Gasteiger partial charge in [-0.2, -0.15) is 0 Å². The van der Waals surface area contributed by atoms with Crippen LogP contribution in [0.5, 0.6) is 0 Å². The molecule has 136 valence electrons. The number of hydrogen-bond donors (Lipinski definition) is 0. The summed E-state index contributed by atoms with van der Waals surface area (Å²) >= 11 is 0. The lowest BCUT2D eigenvalue weighted by atomic mass is 10.1. The van der Waals surface area contributed by atoms with Crippen molar-refractivity contribution in [1.29, 1.82) is 0 Å². The van der Waals surface area contributed by atoms with Gasteiger partial charge in [-0.15, -0.1) is 0 Å². The molecule has 1 unspecified atom stereocenters. The zero-order valence-electron chi connectivity index (χ0n) is 14.8. The predicted octanol–water partition coefficient (Wildman–Crippen LogP) is 3.97. The Bertz CT molecular complexity index is 1010. The molecule has 0 saturated carbocycles. The lowest BCUT2D eigenvalue weighted by molar-refractivity contribution is -0.0294. The van der Waals surface area contributed by atoms with Crippen LogP contribution in [0.3, 0.4) is 0 Å². The molecule has 1 amide bonds. The van der Waals surface area contributed by atoms with E-state index in [9.17, 15) is 9.18 Å². The normalized spacial score (nSPS) is 19.8. The number of carbonyl (C=O) groups is 1. The highest BCUT2D eigenvalue weighted by molar-refractivity contribution is 6.24. The summed E-state index contributed by atoms with van der Waals surface area (Å²) in [5.41, 5.74) is 2.70. The van der Waals surface area contributed by atoms with Crippen LogP contribution in [0.2, 0.25) is 0 Å². The minimum atomic E-state index is -0.250. The molecule has 1 atom stereocenters. The molecule has 0 aliphatic carbocycles. The van der Waals surface area contributed by atoms with Crippen molar-refractivity contribution in [2.75, 3.05) is 31.3 Å². The molecule has 1 fully saturated rings. The van der Waals surface area contributed by atoms with Crippen molar-refractivity contribution in [2.24, 2.45) is 0 Å². The van der Waals surface area contributed by atoms with Gasteiger partial charge >= 0.3 is 0 Å². The standard InChI is InChI=1S/C22H19FN2O2/c23-17-9-7-15(8-10-17)20-13-24(11-12-27-20)14-25-19-6-2-4-16-3-1-5-18(21(16)19)22(25)26/h1-10,20H,11-14H2. The molecule has 5 heteroatoms. The van der Waals surface area contributed by atoms with Gasteiger partial charge in [0.25, 0.3) is 5.91 Å². The van der Waals surface area contributed by atoms with Gasteiger partial charge in [0.2, 0.25) is 0 Å². The molecule has 2 heterocycles. The number of benzene rings is 3. The van der Waals surface area contributed by atoms with Crippen LogP contribution in [0.25, 0.3) is 10.8 Å². The second kappa shape index (κ2) is 6.44. The Morgan fingerprint density at radius 2 is 1.81 bits per heavy atom. The van der Waals surface area contributed by atoms with Gasteiger partial charge in [0.15, 0.2) is 0 Å². The third-order valence-electron chi connectivity index (χ3n) is 5.38. The second-order valence-electron chi connectivity index (χ2n) is 7.04. The molecule has 27 heavy (non-hydrogen) atoms. The smallest absolute Gasteiger partial charge is 0.260 e. The molecule has 0 bridgehead atoms. The molecule has 2 aliphatic rings. The summed E-state index contributed by atoms with van der Waals surface area (Å²) in [5.74, 6) is -0.202. The molecule has 0 spiro atoms. The van der Waals surface area contributed by atoms with Crippen molar-refractivity contribution >= 4 is 22.4 Å². The third-order valence-corrected chi connectivity index (χ3v) is 5.38. The largest absolute Gasteiger partial charge is 0.371 e. The minimum Gasteiger partial charge on any atom is -0.371 e. The summed E-state index contributed by atoms with van der Waals surface area (Å²) in [5, 5.41) is 2.13. The Hall–Kier alpha value is -2.76. The molecule has 0 radical (unpaired) electrons. The summed E-state index contributed by atoms with van der Waals surface area (Å²) in [7, 11) is 0. The number of ether oxygens (including phenoxy) is 1. The van der Waals surface area contributed by atoms with Gasteiger partial charge in [-0.05, 0) is 35.2 Å². The molecular formula is C22H19FN2O2. The molecule has 2 aliphatic heterocycles. The lowest BCUT2D eigenvalue weighted by Crippen LogP contribution is -2.46. The average Bonchev–Trinajstić information content (AvgIpc) is 2.97. The van der Waals surface area contributed by atoms with E-state index >= 15 is 0 Å². The maximum atomic E-state index is 13.2. The average molecular weight is 362 g/mol. The molecule has 0 aromatic heterocycles. The highest BCUT2D eigenvalue weighted by atomic mass is 19.1. The summed E-state index contributed by atoms with van der Waals surface area (Å²) in [6.07, 6.45) is -0.116. The van der Waals surface area contributed by atoms with Crippen molar-refractivity contribution < 1.29 is 13.9 Å². The summed E-state index contributed by atoms with van der Waals surface area (Å²) in [6.45, 7) is 2.53. The van der Waals surface area contributed by atoms with Crippen LogP contribution >= 0.6 is 0 Å². The number of hydrogen-bond acceptors (Lipinski definition) is 3. The van der Waals surface area contributed by atoms with E-state index in [0.717, 1.165) is 34.1 Å². The Morgan fingerprint density at radius 3 is 2.63 bits per heavy atom. The van der Waals surface area contributed by atoms with Gasteiger partial charge in [0.05, 0.1) is 25.1 Å². The first kappa shape index (κ1) is 16.4. The summed E-state index contributed by atoms with van der Waals surface area (Å²) in [6, 6.07) is 18.4. The van der Waals surface area contributed by atoms with Crippen LogP contribution in [0.1, 0.15) is 22.0 Å². The Morgan fingerprint density at radius 1 is 1.04 bits per heavy atom. The molecule has 4 nitrogen and oxygen atoms in total. The lowest BCUT2D eigenvalue weighted by Gasteiger charge is -2.35. The first-order chi connectivity index (χ1) is 13.2. The van der Waals surface area contributed by atoms with E-state index in [-0.39, 0.29) is 17.8 Å². The molecule has 0 N–H and O–H groups in total. The number of carbonyl (C=O) groups excluding carboxylic acids is 1. The first-order valence-corrected chi connectivity index (χ1v) is 9.14. The number of anilines is 1. The van der Waals surface area contributed by atoms with Crippen LogP contribution in [0.15, 0.2) is 60.7 Å². The SMILES string of the molecule is O=C1c2cccc3cccc(c23)N1CN1CCOC(c2ccc(F)cc2)C1. The van der Waals surface area contributed by atoms with E-state index < -0.39 is 0 Å². The van der Waals surface area contributed by atoms with Gasteiger partial charge in [0.1, 0.15) is 5.82 Å². The molecule has 1 saturated heterocycles. The number of morpholine rings is 1. The van der Waals surface area contributed by atoms with Crippen LogP contribution < -0.4 is 4.90 Å². The number of amides is 1. The monoisotopic (exact) mass is 362 g/mol. The third kappa shape index (κ3) is 2.80. The molecular weight excluding hydrogens is 343 g/mol. The fraction of sp³-hybridized carbons (Fsp3) is 0.227. The zero-order valence-corrected chi connectivity index (χ0v) is 14.8. The van der Waals surface area contributed by atoms with Gasteiger partial charge in [-0.3, -0.25) is 14.6 Å². The highest BCUT2D eigenvalue weighted by Crippen LogP contribution is 2.37. The van der Waals surface area contributed by atoms with Crippen molar-refractivity contribution in [3.8, 4) is 0 Å². The Labute approximate surface area is 156 Å². The van der Waals surface area contributed by atoms with Crippen LogP contribution in [0, 0.1) is 5.82 Å². The maximum absolute atomic E-state index is 13.2. The molecule has 5 rings (SSSR count). The van der Waals surface area contributed by atoms with E-state index in [2.05, 4.69) is 4.90 Å². The summed E-state index contributed by atoms with van der Waals surface area (Å²) < 4.78 is 19.1. The van der Waals surface area contributed by atoms with Crippen LogP contribution in [-0.4, -0.2) is 37.2 Å². The van der Waals surface area contributed by atoms with E-state index in [1.54, 1.807) is 12.1 Å². The highest BCUT2D eigenvalue weighted by Gasteiger charge is 2.32. The van der Waals surface area contributed by atoms with E-state index in [4.69, 9.17) is 4.74 Å². The molecule has 3 aromatic rings. The number of halogens is 1. The molecule has 3 aromatic carbocycles. The van der Waals surface area contributed by atoms with Gasteiger partial charge in [-0.25, -0.2) is 4.39 Å². The Balaban J connectivity index is 1.39. The van der Waals surface area contributed by atoms with Crippen molar-refractivity contribution in [3.05, 3.63) is 77.6 Å². The maximum Gasteiger partial charge on any atom is 0.260 e. The van der Waals surface area contributed by atoms with Crippen molar-refractivity contribution in [2.45, 2.75) is 6.10 Å². The first-order valence-electron chi connectivity index (χ1n) is 9.14. The fourth-order valence-electron chi connectivity index (χ4n) is 4.03. The van der Waals surface area contributed by atoms with E-state index in [1.165, 1.54) is 12.1 Å².